The first-order valence-electron chi connectivity index (χ1n) is 3.87. The van der Waals surface area contributed by atoms with Crippen molar-refractivity contribution in [3.63, 3.8) is 0 Å². The Balaban J connectivity index is -0.0000000278. The van der Waals surface area contributed by atoms with Crippen LogP contribution in [-0.2, 0) is 9.59 Å². The van der Waals surface area contributed by atoms with Crippen molar-refractivity contribution in [2.45, 2.75) is 20.8 Å². The fourth-order valence-electron chi connectivity index (χ4n) is 0. The van der Waals surface area contributed by atoms with E-state index in [1.807, 2.05) is 20.8 Å². The normalized spacial score (nSPS) is 3.67. The second-order valence-corrected chi connectivity index (χ2v) is 1.43. The molecule has 0 bridgehead atoms. The van der Waals surface area contributed by atoms with Gasteiger partial charge >= 0.3 is 0 Å². The molecule has 2 N–H and O–H groups in total. The highest BCUT2D eigenvalue weighted by Gasteiger charge is 1.15. The van der Waals surface area contributed by atoms with E-state index in [0.29, 0.717) is 0 Å². The Labute approximate surface area is 92.0 Å². The molecule has 0 aromatic rings. The van der Waals surface area contributed by atoms with Crippen LogP contribution in [0.1, 0.15) is 20.8 Å². The van der Waals surface area contributed by atoms with Crippen molar-refractivity contribution in [2.24, 2.45) is 0 Å². The van der Waals surface area contributed by atoms with Gasteiger partial charge in [0.25, 0.3) is 0 Å². The number of isocyanates is 2. The largest absolute Gasteiger partial charge is 0.231 e. The topological polar surface area (TPSA) is 81.8 Å². The molecule has 0 heterocycles. The SMILES string of the molecule is C=CC.C=CC.C=CC.N=C=O.N=C=O. The van der Waals surface area contributed by atoms with Gasteiger partial charge < -0.3 is 0 Å². The third kappa shape index (κ3) is 292. The Hall–Kier alpha value is -2.02. The zero-order valence-electron chi connectivity index (χ0n) is 9.67. The van der Waals surface area contributed by atoms with Crippen molar-refractivity contribution in [1.82, 2.24) is 0 Å². The molecular weight excluding hydrogens is 192 g/mol. The van der Waals surface area contributed by atoms with E-state index in [0.717, 1.165) is 12.2 Å². The first-order valence-corrected chi connectivity index (χ1v) is 3.87. The Morgan fingerprint density at radius 3 is 0.800 bits per heavy atom. The lowest BCUT2D eigenvalue weighted by atomic mass is 10.8. The molecule has 0 saturated carbocycles. The lowest BCUT2D eigenvalue weighted by molar-refractivity contribution is 0.562. The summed E-state index contributed by atoms with van der Waals surface area (Å²) < 4.78 is 0. The fourth-order valence-corrected chi connectivity index (χ4v) is 0. The molecule has 0 aliphatic carbocycles. The lowest BCUT2D eigenvalue weighted by Crippen LogP contribution is -1.16. The van der Waals surface area contributed by atoms with Crippen LogP contribution < -0.4 is 0 Å². The van der Waals surface area contributed by atoms with E-state index in [4.69, 9.17) is 20.4 Å². The van der Waals surface area contributed by atoms with Crippen molar-refractivity contribution in [3.05, 3.63) is 38.0 Å². The molecule has 0 amide bonds. The van der Waals surface area contributed by atoms with E-state index in [9.17, 15) is 0 Å². The summed E-state index contributed by atoms with van der Waals surface area (Å²) in [5.74, 6) is 0. The maximum Gasteiger partial charge on any atom is 0.231 e. The molecule has 0 aliphatic heterocycles. The van der Waals surface area contributed by atoms with Gasteiger partial charge in [-0.25, -0.2) is 20.4 Å². The molecule has 86 valence electrons. The first kappa shape index (κ1) is 29.3. The van der Waals surface area contributed by atoms with Gasteiger partial charge in [0, 0.05) is 0 Å². The van der Waals surface area contributed by atoms with E-state index in [1.54, 1.807) is 18.2 Å². The third-order valence-corrected chi connectivity index (χ3v) is 0. The predicted molar refractivity (Wildman–Crippen MR) is 64.4 cm³/mol. The molecular formula is C11H20N2O2. The van der Waals surface area contributed by atoms with E-state index in [-0.39, 0.29) is 0 Å². The lowest BCUT2D eigenvalue weighted by Gasteiger charge is -1.31. The molecule has 4 nitrogen and oxygen atoms in total. The zero-order valence-corrected chi connectivity index (χ0v) is 9.67. The summed E-state index contributed by atoms with van der Waals surface area (Å²) in [6.07, 6.45) is 6.75. The quantitative estimate of drug-likeness (QED) is 0.366. The highest BCUT2D eigenvalue weighted by molar-refractivity contribution is 5.26. The van der Waals surface area contributed by atoms with Crippen LogP contribution in [0.4, 0.5) is 0 Å². The molecule has 0 rings (SSSR count). The molecule has 0 aromatic heterocycles. The molecule has 0 aliphatic rings. The summed E-state index contributed by atoms with van der Waals surface area (Å²) in [7, 11) is 0. The van der Waals surface area contributed by atoms with Gasteiger partial charge in [0.2, 0.25) is 12.2 Å². The first-order chi connectivity index (χ1) is 7.07. The standard InChI is InChI=1S/3C3H6.2CHNO/c3*1-3-2;2*2-1-3/h3*3H,1H2,2H3;2*2H. The summed E-state index contributed by atoms with van der Waals surface area (Å²) in [5.41, 5.74) is 0. The van der Waals surface area contributed by atoms with Gasteiger partial charge in [0.1, 0.15) is 0 Å². The van der Waals surface area contributed by atoms with Crippen LogP contribution in [0, 0.1) is 10.8 Å². The highest BCUT2D eigenvalue weighted by Crippen LogP contribution is 1.38. The second-order valence-electron chi connectivity index (χ2n) is 1.43. The molecule has 0 spiro atoms. The number of hydrogen-bond acceptors (Lipinski definition) is 4. The molecule has 0 aromatic carbocycles. The minimum absolute atomic E-state index is 0.750. The van der Waals surface area contributed by atoms with Gasteiger partial charge in [-0.3, -0.25) is 0 Å². The molecule has 4 heteroatoms. The van der Waals surface area contributed by atoms with Gasteiger partial charge in [-0.2, -0.15) is 0 Å². The predicted octanol–water partition coefficient (Wildman–Crippen LogP) is 3.38. The monoisotopic (exact) mass is 212 g/mol. The van der Waals surface area contributed by atoms with Gasteiger partial charge in [0.05, 0.1) is 0 Å². The number of rotatable bonds is 0. The molecule has 0 radical (unpaired) electrons. The minimum Gasteiger partial charge on any atom is -0.222 e. The Kier molecular flexibility index (Phi) is 317. The summed E-state index contributed by atoms with van der Waals surface area (Å²) in [6.45, 7) is 15.8. The van der Waals surface area contributed by atoms with Crippen LogP contribution in [0.3, 0.4) is 0 Å². The van der Waals surface area contributed by atoms with Crippen LogP contribution in [0.2, 0.25) is 0 Å². The second kappa shape index (κ2) is 163. The fraction of sp³-hybridized carbons (Fsp3) is 0.273. The van der Waals surface area contributed by atoms with Crippen LogP contribution in [0.15, 0.2) is 38.0 Å². The van der Waals surface area contributed by atoms with Crippen LogP contribution >= 0.6 is 0 Å². The number of carbonyl (C=O) groups excluding carboxylic acids is 2. The van der Waals surface area contributed by atoms with Crippen LogP contribution in [-0.4, -0.2) is 12.2 Å². The minimum atomic E-state index is 0.750. The van der Waals surface area contributed by atoms with E-state index >= 15 is 0 Å². The van der Waals surface area contributed by atoms with Crippen molar-refractivity contribution >= 4 is 12.2 Å². The van der Waals surface area contributed by atoms with Crippen molar-refractivity contribution < 1.29 is 9.59 Å². The molecule has 0 fully saturated rings. The van der Waals surface area contributed by atoms with Crippen molar-refractivity contribution in [3.8, 4) is 0 Å². The number of nitrogens with one attached hydrogen (secondary N) is 2. The number of allylic oxidation sites excluding steroid dienone is 3. The third-order valence-electron chi connectivity index (χ3n) is 0. The molecule has 15 heavy (non-hydrogen) atoms. The van der Waals surface area contributed by atoms with Gasteiger partial charge in [-0.15, -0.1) is 19.7 Å². The van der Waals surface area contributed by atoms with Crippen molar-refractivity contribution in [2.75, 3.05) is 0 Å². The smallest absolute Gasteiger partial charge is 0.222 e. The van der Waals surface area contributed by atoms with Gasteiger partial charge in [-0.05, 0) is 20.8 Å². The molecule has 0 atom stereocenters. The molecule has 0 unspecified atom stereocenters. The van der Waals surface area contributed by atoms with E-state index in [2.05, 4.69) is 19.7 Å². The Bertz CT molecular complexity index is 149. The maximum absolute atomic E-state index is 8.35. The van der Waals surface area contributed by atoms with Gasteiger partial charge in [0.15, 0.2) is 0 Å². The van der Waals surface area contributed by atoms with E-state index in [1.165, 1.54) is 0 Å². The summed E-state index contributed by atoms with van der Waals surface area (Å²) >= 11 is 0. The number of hydrogen-bond donors (Lipinski definition) is 2. The average Bonchev–Trinajstić information content (AvgIpc) is 2.09. The maximum atomic E-state index is 8.35. The van der Waals surface area contributed by atoms with Crippen molar-refractivity contribution in [1.29, 1.82) is 10.8 Å². The summed E-state index contributed by atoms with van der Waals surface area (Å²) in [6, 6.07) is 0. The Morgan fingerprint density at radius 1 is 0.800 bits per heavy atom. The van der Waals surface area contributed by atoms with Crippen LogP contribution in [0.25, 0.3) is 0 Å². The van der Waals surface area contributed by atoms with Crippen LogP contribution in [0.5, 0.6) is 0 Å². The summed E-state index contributed by atoms with van der Waals surface area (Å²) in [5, 5.41) is 10.8. The highest BCUT2D eigenvalue weighted by atomic mass is 16.1. The average molecular weight is 212 g/mol. The summed E-state index contributed by atoms with van der Waals surface area (Å²) in [4.78, 5) is 16.7. The van der Waals surface area contributed by atoms with Gasteiger partial charge in [-0.1, -0.05) is 18.2 Å². The molecule has 0 saturated heterocycles. The Morgan fingerprint density at radius 2 is 0.800 bits per heavy atom. The van der Waals surface area contributed by atoms with E-state index < -0.39 is 0 Å². The zero-order chi connectivity index (χ0) is 13.5.